The Morgan fingerprint density at radius 1 is 1.22 bits per heavy atom. The molecular formula is C15H24N2O. The molecule has 0 fully saturated rings. The first-order valence-electron chi connectivity index (χ1n) is 6.94. The normalized spacial score (nSPS) is 15.3. The summed E-state index contributed by atoms with van der Waals surface area (Å²) >= 11 is 0. The van der Waals surface area contributed by atoms with Gasteiger partial charge in [0.2, 0.25) is 0 Å². The van der Waals surface area contributed by atoms with Crippen LogP contribution >= 0.6 is 0 Å². The van der Waals surface area contributed by atoms with Crippen LogP contribution in [0.15, 0.2) is 24.3 Å². The van der Waals surface area contributed by atoms with Crippen LogP contribution in [0.1, 0.15) is 18.4 Å². The van der Waals surface area contributed by atoms with Crippen LogP contribution in [0.4, 0.5) is 5.69 Å². The predicted molar refractivity (Wildman–Crippen MR) is 76.3 cm³/mol. The maximum absolute atomic E-state index is 5.03. The minimum Gasteiger partial charge on any atom is -0.383 e. The summed E-state index contributed by atoms with van der Waals surface area (Å²) < 4.78 is 5.03. The lowest BCUT2D eigenvalue weighted by atomic mass is 10.1. The fourth-order valence-corrected chi connectivity index (χ4v) is 2.51. The number of nitrogens with zero attached hydrogens (tertiary/aromatic N) is 1. The van der Waals surface area contributed by atoms with E-state index in [-0.39, 0.29) is 0 Å². The Hall–Kier alpha value is -1.06. The SMILES string of the molecule is COCCNCCN1CCCCc2ccccc21. The first-order chi connectivity index (χ1) is 8.92. The Balaban J connectivity index is 1.88. The standard InChI is InChI=1S/C15H24N2O/c1-18-13-10-16-9-12-17-11-5-4-7-14-6-2-3-8-15(14)17/h2-3,6,8,16H,4-5,7,9-13H2,1H3. The first-order valence-corrected chi connectivity index (χ1v) is 6.94. The van der Waals surface area contributed by atoms with E-state index in [1.165, 1.54) is 37.1 Å². The Kier molecular flexibility index (Phi) is 5.49. The fourth-order valence-electron chi connectivity index (χ4n) is 2.51. The lowest BCUT2D eigenvalue weighted by Crippen LogP contribution is -2.34. The van der Waals surface area contributed by atoms with Gasteiger partial charge in [-0.15, -0.1) is 0 Å². The molecule has 1 aliphatic heterocycles. The van der Waals surface area contributed by atoms with Crippen LogP contribution in [0.5, 0.6) is 0 Å². The molecule has 0 aliphatic carbocycles. The van der Waals surface area contributed by atoms with Gasteiger partial charge in [0.15, 0.2) is 0 Å². The highest BCUT2D eigenvalue weighted by molar-refractivity contribution is 5.54. The number of para-hydroxylation sites is 1. The number of hydrogen-bond donors (Lipinski definition) is 1. The molecule has 1 aromatic rings. The number of ether oxygens (including phenoxy) is 1. The van der Waals surface area contributed by atoms with Crippen LogP contribution in [-0.4, -0.2) is 39.9 Å². The number of aryl methyl sites for hydroxylation is 1. The number of rotatable bonds is 6. The Bertz CT molecular complexity index is 354. The molecule has 0 radical (unpaired) electrons. The van der Waals surface area contributed by atoms with Gasteiger partial charge in [-0.25, -0.2) is 0 Å². The van der Waals surface area contributed by atoms with E-state index in [4.69, 9.17) is 4.74 Å². The van der Waals surface area contributed by atoms with E-state index in [1.807, 2.05) is 0 Å². The van der Waals surface area contributed by atoms with Crippen molar-refractivity contribution in [2.45, 2.75) is 19.3 Å². The molecule has 100 valence electrons. The highest BCUT2D eigenvalue weighted by Crippen LogP contribution is 2.25. The highest BCUT2D eigenvalue weighted by atomic mass is 16.5. The van der Waals surface area contributed by atoms with Gasteiger partial charge in [0.05, 0.1) is 6.61 Å². The first kappa shape index (κ1) is 13.4. The third-order valence-electron chi connectivity index (χ3n) is 3.50. The van der Waals surface area contributed by atoms with Crippen molar-refractivity contribution < 1.29 is 4.74 Å². The zero-order chi connectivity index (χ0) is 12.6. The van der Waals surface area contributed by atoms with Crippen LogP contribution in [0.25, 0.3) is 0 Å². The largest absolute Gasteiger partial charge is 0.383 e. The molecule has 0 saturated carbocycles. The van der Waals surface area contributed by atoms with E-state index in [0.717, 1.165) is 26.2 Å². The molecule has 1 aromatic carbocycles. The molecule has 2 rings (SSSR count). The molecule has 0 atom stereocenters. The van der Waals surface area contributed by atoms with E-state index >= 15 is 0 Å². The van der Waals surface area contributed by atoms with Crippen molar-refractivity contribution in [1.82, 2.24) is 5.32 Å². The number of methoxy groups -OCH3 is 1. The summed E-state index contributed by atoms with van der Waals surface area (Å²) in [6, 6.07) is 8.83. The number of hydrogen-bond acceptors (Lipinski definition) is 3. The molecular weight excluding hydrogens is 224 g/mol. The number of benzene rings is 1. The summed E-state index contributed by atoms with van der Waals surface area (Å²) in [7, 11) is 1.74. The monoisotopic (exact) mass is 248 g/mol. The summed E-state index contributed by atoms with van der Waals surface area (Å²) in [6.07, 6.45) is 3.83. The molecule has 3 heteroatoms. The molecule has 3 nitrogen and oxygen atoms in total. The average Bonchev–Trinajstić information content (AvgIpc) is 2.61. The van der Waals surface area contributed by atoms with Gasteiger partial charge in [0, 0.05) is 39.0 Å². The van der Waals surface area contributed by atoms with Crippen molar-refractivity contribution in [3.8, 4) is 0 Å². The van der Waals surface area contributed by atoms with Gasteiger partial charge < -0.3 is 15.0 Å². The maximum Gasteiger partial charge on any atom is 0.0587 e. The second kappa shape index (κ2) is 7.39. The summed E-state index contributed by atoms with van der Waals surface area (Å²) in [4.78, 5) is 2.52. The van der Waals surface area contributed by atoms with Gasteiger partial charge in [-0.05, 0) is 30.9 Å². The van der Waals surface area contributed by atoms with Crippen molar-refractivity contribution in [3.63, 3.8) is 0 Å². The average molecular weight is 248 g/mol. The molecule has 0 unspecified atom stereocenters. The molecule has 1 N–H and O–H groups in total. The summed E-state index contributed by atoms with van der Waals surface area (Å²) in [5, 5.41) is 3.42. The van der Waals surface area contributed by atoms with Gasteiger partial charge in [-0.3, -0.25) is 0 Å². The summed E-state index contributed by atoms with van der Waals surface area (Å²) in [5.41, 5.74) is 2.94. The Morgan fingerprint density at radius 2 is 2.11 bits per heavy atom. The molecule has 1 heterocycles. The molecule has 0 saturated heterocycles. The van der Waals surface area contributed by atoms with Crippen LogP contribution in [-0.2, 0) is 11.2 Å². The van der Waals surface area contributed by atoms with Gasteiger partial charge >= 0.3 is 0 Å². The van der Waals surface area contributed by atoms with E-state index in [0.29, 0.717) is 0 Å². The quantitative estimate of drug-likeness (QED) is 0.780. The van der Waals surface area contributed by atoms with Crippen molar-refractivity contribution in [2.75, 3.05) is 44.8 Å². The van der Waals surface area contributed by atoms with E-state index in [2.05, 4.69) is 34.5 Å². The zero-order valence-corrected chi connectivity index (χ0v) is 11.3. The van der Waals surface area contributed by atoms with Gasteiger partial charge in [-0.2, -0.15) is 0 Å². The Labute approximate surface area is 110 Å². The molecule has 0 amide bonds. The molecule has 0 spiro atoms. The molecule has 0 bridgehead atoms. The number of anilines is 1. The molecule has 0 aromatic heterocycles. The second-order valence-corrected chi connectivity index (χ2v) is 4.82. The van der Waals surface area contributed by atoms with Gasteiger partial charge in [-0.1, -0.05) is 18.2 Å². The topological polar surface area (TPSA) is 24.5 Å². The van der Waals surface area contributed by atoms with E-state index < -0.39 is 0 Å². The van der Waals surface area contributed by atoms with Crippen LogP contribution in [0, 0.1) is 0 Å². The second-order valence-electron chi connectivity index (χ2n) is 4.82. The smallest absolute Gasteiger partial charge is 0.0587 e. The van der Waals surface area contributed by atoms with Crippen LogP contribution in [0.2, 0.25) is 0 Å². The van der Waals surface area contributed by atoms with Gasteiger partial charge in [0.25, 0.3) is 0 Å². The number of nitrogens with one attached hydrogen (secondary N) is 1. The summed E-state index contributed by atoms with van der Waals surface area (Å²) in [6.45, 7) is 5.02. The van der Waals surface area contributed by atoms with Crippen molar-refractivity contribution in [1.29, 1.82) is 0 Å². The van der Waals surface area contributed by atoms with Crippen molar-refractivity contribution in [2.24, 2.45) is 0 Å². The molecule has 18 heavy (non-hydrogen) atoms. The minimum absolute atomic E-state index is 0.788. The lowest BCUT2D eigenvalue weighted by molar-refractivity contribution is 0.200. The van der Waals surface area contributed by atoms with E-state index in [9.17, 15) is 0 Å². The van der Waals surface area contributed by atoms with Crippen LogP contribution < -0.4 is 10.2 Å². The predicted octanol–water partition coefficient (Wildman–Crippen LogP) is 2.07. The fraction of sp³-hybridized carbons (Fsp3) is 0.600. The minimum atomic E-state index is 0.788. The van der Waals surface area contributed by atoms with Gasteiger partial charge in [0.1, 0.15) is 0 Å². The lowest BCUT2D eigenvalue weighted by Gasteiger charge is -2.25. The zero-order valence-electron chi connectivity index (χ0n) is 11.3. The number of fused-ring (bicyclic) bond motifs is 1. The van der Waals surface area contributed by atoms with Crippen LogP contribution in [0.3, 0.4) is 0 Å². The maximum atomic E-state index is 5.03. The Morgan fingerprint density at radius 3 is 3.00 bits per heavy atom. The van der Waals surface area contributed by atoms with Crippen molar-refractivity contribution >= 4 is 5.69 Å². The third-order valence-corrected chi connectivity index (χ3v) is 3.50. The summed E-state index contributed by atoms with van der Waals surface area (Å²) in [5.74, 6) is 0. The van der Waals surface area contributed by atoms with Crippen molar-refractivity contribution in [3.05, 3.63) is 29.8 Å². The third kappa shape index (κ3) is 3.72. The highest BCUT2D eigenvalue weighted by Gasteiger charge is 2.13. The van der Waals surface area contributed by atoms with E-state index in [1.54, 1.807) is 7.11 Å². The molecule has 1 aliphatic rings.